The Balaban J connectivity index is 1.72. The van der Waals surface area contributed by atoms with Gasteiger partial charge < -0.3 is 4.74 Å². The highest BCUT2D eigenvalue weighted by molar-refractivity contribution is 8.02. The molecule has 4 aliphatic carbocycles. The summed E-state index contributed by atoms with van der Waals surface area (Å²) in [6, 6.07) is 0. The lowest BCUT2D eigenvalue weighted by molar-refractivity contribution is -0.173. The topological polar surface area (TPSA) is 26.3 Å². The molecule has 0 radical (unpaired) electrons. The largest absolute Gasteiger partial charge is 0.446 e. The highest BCUT2D eigenvalue weighted by Gasteiger charge is 2.63. The molecule has 5 fully saturated rings. The first kappa shape index (κ1) is 9.81. The van der Waals surface area contributed by atoms with E-state index in [1.54, 1.807) is 0 Å². The van der Waals surface area contributed by atoms with Crippen LogP contribution in [0.2, 0.25) is 0 Å². The maximum atomic E-state index is 11.7. The van der Waals surface area contributed by atoms with Crippen molar-refractivity contribution >= 4 is 17.7 Å². The summed E-state index contributed by atoms with van der Waals surface area (Å²) in [5, 5.41) is 0.0672. The highest BCUT2D eigenvalue weighted by atomic mass is 32.2. The monoisotopic (exact) mass is 238 g/mol. The Morgan fingerprint density at radius 2 is 1.69 bits per heavy atom. The van der Waals surface area contributed by atoms with Crippen molar-refractivity contribution in [2.24, 2.45) is 23.7 Å². The van der Waals surface area contributed by atoms with E-state index < -0.39 is 0 Å². The molecule has 1 saturated heterocycles. The zero-order valence-electron chi connectivity index (χ0n) is 9.65. The lowest BCUT2D eigenvalue weighted by Gasteiger charge is -2.58. The standard InChI is InChI=1S/C13H18O2S/c1-7-12(14)15-13(16-7)10-3-8-2-9(5-10)6-11(13)4-8/h7-11H,2-6H2,1H3/t7-,8?,9?,10?,11?,13?/m1/s1. The number of ether oxygens (including phenoxy) is 1. The molecule has 2 nitrogen and oxygen atoms in total. The second-order valence-corrected chi connectivity index (χ2v) is 7.79. The van der Waals surface area contributed by atoms with E-state index in [0.717, 1.165) is 11.8 Å². The Morgan fingerprint density at radius 3 is 2.12 bits per heavy atom. The molecule has 0 aromatic rings. The van der Waals surface area contributed by atoms with Gasteiger partial charge in [-0.1, -0.05) is 11.8 Å². The Bertz CT molecular complexity index is 324. The molecule has 5 aliphatic rings. The van der Waals surface area contributed by atoms with E-state index in [1.807, 2.05) is 18.7 Å². The van der Waals surface area contributed by atoms with Gasteiger partial charge in [0.25, 0.3) is 0 Å². The van der Waals surface area contributed by atoms with E-state index in [9.17, 15) is 4.79 Å². The molecule has 1 aliphatic heterocycles. The Morgan fingerprint density at radius 1 is 1.12 bits per heavy atom. The lowest BCUT2D eigenvalue weighted by Crippen LogP contribution is -2.55. The van der Waals surface area contributed by atoms with Gasteiger partial charge in [0, 0.05) is 11.8 Å². The van der Waals surface area contributed by atoms with Crippen molar-refractivity contribution in [3.8, 4) is 0 Å². The van der Waals surface area contributed by atoms with Crippen molar-refractivity contribution < 1.29 is 9.53 Å². The van der Waals surface area contributed by atoms with Crippen molar-refractivity contribution in [3.05, 3.63) is 0 Å². The molecule has 0 N–H and O–H groups in total. The minimum absolute atomic E-state index is 0.0393. The second kappa shape index (κ2) is 2.98. The summed E-state index contributed by atoms with van der Waals surface area (Å²) in [5.74, 6) is 3.27. The molecule has 0 aromatic carbocycles. The molecule has 0 unspecified atom stereocenters. The molecule has 5 rings (SSSR count). The molecular weight excluding hydrogens is 220 g/mol. The summed E-state index contributed by atoms with van der Waals surface area (Å²) in [5.41, 5.74) is 0. The van der Waals surface area contributed by atoms with Crippen LogP contribution in [0, 0.1) is 23.7 Å². The van der Waals surface area contributed by atoms with Crippen LogP contribution < -0.4 is 0 Å². The maximum absolute atomic E-state index is 11.7. The molecule has 88 valence electrons. The second-order valence-electron chi connectivity index (χ2n) is 6.21. The van der Waals surface area contributed by atoms with E-state index in [1.165, 1.54) is 32.1 Å². The molecule has 1 heterocycles. The molecule has 0 amide bonds. The van der Waals surface area contributed by atoms with E-state index in [4.69, 9.17) is 4.74 Å². The quantitative estimate of drug-likeness (QED) is 0.607. The fourth-order valence-electron chi connectivity index (χ4n) is 4.79. The number of hydrogen-bond donors (Lipinski definition) is 0. The summed E-state index contributed by atoms with van der Waals surface area (Å²) in [6.45, 7) is 2.01. The molecule has 3 heteroatoms. The molecule has 16 heavy (non-hydrogen) atoms. The van der Waals surface area contributed by atoms with Crippen LogP contribution in [-0.2, 0) is 9.53 Å². The third-order valence-electron chi connectivity index (χ3n) is 5.23. The summed E-state index contributed by atoms with van der Waals surface area (Å²) < 4.78 is 5.86. The normalized spacial score (nSPS) is 58.3. The zero-order chi connectivity index (χ0) is 10.9. The first-order valence-corrected chi connectivity index (χ1v) is 7.46. The summed E-state index contributed by atoms with van der Waals surface area (Å²) >= 11 is 1.84. The molecule has 0 aromatic heterocycles. The minimum Gasteiger partial charge on any atom is -0.446 e. The SMILES string of the molecule is C[C@H]1SC2(OC1=O)C1CC3CC(C1)CC2C3. The summed E-state index contributed by atoms with van der Waals surface area (Å²) in [4.78, 5) is 11.6. The molecular formula is C13H18O2S. The van der Waals surface area contributed by atoms with Gasteiger partial charge in [-0.15, -0.1) is 0 Å². The third-order valence-corrected chi connectivity index (χ3v) is 6.89. The molecule has 4 bridgehead atoms. The average molecular weight is 238 g/mol. The number of thioether (sulfide) groups is 1. The number of rotatable bonds is 0. The van der Waals surface area contributed by atoms with E-state index in [0.29, 0.717) is 11.8 Å². The lowest BCUT2D eigenvalue weighted by atomic mass is 9.54. The highest BCUT2D eigenvalue weighted by Crippen LogP contribution is 2.65. The predicted molar refractivity (Wildman–Crippen MR) is 62.9 cm³/mol. The number of esters is 1. The van der Waals surface area contributed by atoms with Gasteiger partial charge >= 0.3 is 5.97 Å². The molecule has 1 spiro atoms. The fourth-order valence-corrected chi connectivity index (χ4v) is 6.39. The van der Waals surface area contributed by atoms with E-state index in [2.05, 4.69) is 0 Å². The van der Waals surface area contributed by atoms with Crippen molar-refractivity contribution in [2.45, 2.75) is 49.2 Å². The Kier molecular flexibility index (Phi) is 1.83. The van der Waals surface area contributed by atoms with Crippen LogP contribution in [0.25, 0.3) is 0 Å². The van der Waals surface area contributed by atoms with Crippen LogP contribution in [0.1, 0.15) is 39.0 Å². The van der Waals surface area contributed by atoms with Crippen LogP contribution in [0.5, 0.6) is 0 Å². The van der Waals surface area contributed by atoms with Gasteiger partial charge in [-0.2, -0.15) is 0 Å². The average Bonchev–Trinajstić information content (AvgIpc) is 2.52. The Labute approximate surface area is 100 Å². The molecule has 4 saturated carbocycles. The first-order chi connectivity index (χ1) is 7.67. The number of carbonyl (C=O) groups is 1. The maximum Gasteiger partial charge on any atom is 0.320 e. The zero-order valence-corrected chi connectivity index (χ0v) is 10.5. The summed E-state index contributed by atoms with van der Waals surface area (Å²) in [7, 11) is 0. The van der Waals surface area contributed by atoms with Crippen molar-refractivity contribution in [1.82, 2.24) is 0 Å². The van der Waals surface area contributed by atoms with E-state index >= 15 is 0 Å². The van der Waals surface area contributed by atoms with Gasteiger partial charge in [-0.05, 0) is 50.9 Å². The van der Waals surface area contributed by atoms with Gasteiger partial charge in [0.05, 0.1) is 0 Å². The third kappa shape index (κ3) is 1.08. The van der Waals surface area contributed by atoms with Crippen LogP contribution in [-0.4, -0.2) is 16.2 Å². The van der Waals surface area contributed by atoms with Gasteiger partial charge in [-0.3, -0.25) is 4.79 Å². The number of hydrogen-bond acceptors (Lipinski definition) is 3. The number of carbonyl (C=O) groups excluding carboxylic acids is 1. The van der Waals surface area contributed by atoms with Crippen LogP contribution >= 0.6 is 11.8 Å². The summed E-state index contributed by atoms with van der Waals surface area (Å²) in [6.07, 6.45) is 6.73. The van der Waals surface area contributed by atoms with Crippen molar-refractivity contribution in [1.29, 1.82) is 0 Å². The van der Waals surface area contributed by atoms with Crippen molar-refractivity contribution in [3.63, 3.8) is 0 Å². The smallest absolute Gasteiger partial charge is 0.320 e. The van der Waals surface area contributed by atoms with Crippen LogP contribution in [0.4, 0.5) is 0 Å². The molecule has 1 atom stereocenters. The van der Waals surface area contributed by atoms with Gasteiger partial charge in [0.2, 0.25) is 0 Å². The first-order valence-electron chi connectivity index (χ1n) is 6.58. The van der Waals surface area contributed by atoms with Crippen molar-refractivity contribution in [2.75, 3.05) is 0 Å². The predicted octanol–water partition coefficient (Wildman–Crippen LogP) is 2.82. The minimum atomic E-state index is -0.0933. The van der Waals surface area contributed by atoms with Crippen LogP contribution in [0.3, 0.4) is 0 Å². The van der Waals surface area contributed by atoms with Gasteiger partial charge in [0.1, 0.15) is 5.25 Å². The van der Waals surface area contributed by atoms with Gasteiger partial charge in [-0.25, -0.2) is 0 Å². The van der Waals surface area contributed by atoms with Gasteiger partial charge in [0.15, 0.2) is 4.93 Å². The fraction of sp³-hybridized carbons (Fsp3) is 0.923. The van der Waals surface area contributed by atoms with E-state index in [-0.39, 0.29) is 16.2 Å². The Hall–Kier alpha value is -0.180. The van der Waals surface area contributed by atoms with Crippen LogP contribution in [0.15, 0.2) is 0 Å².